The molecule has 1 heterocycles. The van der Waals surface area contributed by atoms with Crippen LogP contribution < -0.4 is 4.74 Å². The third-order valence-electron chi connectivity index (χ3n) is 3.23. The zero-order valence-corrected chi connectivity index (χ0v) is 13.8. The maximum Gasteiger partial charge on any atom is 0.360 e. The number of ether oxygens (including phenoxy) is 3. The number of esters is 3. The smallest absolute Gasteiger partial charge is 0.360 e. The van der Waals surface area contributed by atoms with E-state index in [1.165, 1.54) is 21.0 Å². The SMILES string of the molecule is COC(=O)c1nc(COC(C)=O)c2cc(C)ccc2c1OC(C)=O. The van der Waals surface area contributed by atoms with Crippen LogP contribution in [-0.4, -0.2) is 30.0 Å². The number of aromatic nitrogens is 1. The number of carbonyl (C=O) groups excluding carboxylic acids is 3. The lowest BCUT2D eigenvalue weighted by Crippen LogP contribution is -2.14. The van der Waals surface area contributed by atoms with E-state index in [0.717, 1.165) is 5.56 Å². The van der Waals surface area contributed by atoms with Gasteiger partial charge in [0, 0.05) is 24.6 Å². The second-order valence-corrected chi connectivity index (χ2v) is 5.15. The van der Waals surface area contributed by atoms with Crippen molar-refractivity contribution >= 4 is 28.7 Å². The molecule has 7 heteroatoms. The monoisotopic (exact) mass is 331 g/mol. The summed E-state index contributed by atoms with van der Waals surface area (Å²) in [6.07, 6.45) is 0. The lowest BCUT2D eigenvalue weighted by molar-refractivity contribution is -0.142. The van der Waals surface area contributed by atoms with Crippen molar-refractivity contribution in [2.75, 3.05) is 7.11 Å². The van der Waals surface area contributed by atoms with Crippen LogP contribution in [0.15, 0.2) is 18.2 Å². The number of methoxy groups -OCH3 is 1. The molecule has 1 aromatic carbocycles. The fraction of sp³-hybridized carbons (Fsp3) is 0.294. The summed E-state index contributed by atoms with van der Waals surface area (Å²) in [6, 6.07) is 5.34. The van der Waals surface area contributed by atoms with Crippen LogP contribution in [-0.2, 0) is 25.7 Å². The Balaban J connectivity index is 2.76. The average Bonchev–Trinajstić information content (AvgIpc) is 2.52. The largest absolute Gasteiger partial charge is 0.464 e. The lowest BCUT2D eigenvalue weighted by Gasteiger charge is -2.14. The minimum atomic E-state index is -0.752. The third-order valence-corrected chi connectivity index (χ3v) is 3.23. The predicted molar refractivity (Wildman–Crippen MR) is 84.6 cm³/mol. The van der Waals surface area contributed by atoms with E-state index in [0.29, 0.717) is 16.5 Å². The number of benzene rings is 1. The van der Waals surface area contributed by atoms with Crippen molar-refractivity contribution in [2.45, 2.75) is 27.4 Å². The van der Waals surface area contributed by atoms with E-state index in [2.05, 4.69) is 4.98 Å². The number of hydrogen-bond donors (Lipinski definition) is 0. The molecular formula is C17H17NO6. The molecule has 2 rings (SSSR count). The van der Waals surface area contributed by atoms with Gasteiger partial charge in [0.15, 0.2) is 11.4 Å². The van der Waals surface area contributed by atoms with E-state index < -0.39 is 17.9 Å². The fourth-order valence-electron chi connectivity index (χ4n) is 2.23. The highest BCUT2D eigenvalue weighted by atomic mass is 16.5. The molecule has 0 radical (unpaired) electrons. The van der Waals surface area contributed by atoms with Gasteiger partial charge in [0.25, 0.3) is 0 Å². The van der Waals surface area contributed by atoms with Gasteiger partial charge in [-0.1, -0.05) is 17.7 Å². The molecule has 126 valence electrons. The minimum absolute atomic E-state index is 0.0240. The third kappa shape index (κ3) is 3.68. The van der Waals surface area contributed by atoms with Gasteiger partial charge in [-0.25, -0.2) is 9.78 Å². The first-order valence-corrected chi connectivity index (χ1v) is 7.16. The second kappa shape index (κ2) is 7.08. The van der Waals surface area contributed by atoms with Crippen LogP contribution in [0, 0.1) is 6.92 Å². The molecule has 0 bridgehead atoms. The van der Waals surface area contributed by atoms with Crippen LogP contribution >= 0.6 is 0 Å². The van der Waals surface area contributed by atoms with Crippen LogP contribution in [0.1, 0.15) is 35.6 Å². The number of nitrogens with zero attached hydrogens (tertiary/aromatic N) is 1. The van der Waals surface area contributed by atoms with E-state index >= 15 is 0 Å². The molecule has 0 amide bonds. The Hall–Kier alpha value is -2.96. The molecule has 0 aliphatic rings. The first kappa shape index (κ1) is 17.4. The normalized spacial score (nSPS) is 10.3. The number of hydrogen-bond acceptors (Lipinski definition) is 7. The van der Waals surface area contributed by atoms with E-state index in [1.54, 1.807) is 6.07 Å². The molecule has 7 nitrogen and oxygen atoms in total. The number of aryl methyl sites for hydroxylation is 1. The molecule has 0 atom stereocenters. The zero-order chi connectivity index (χ0) is 17.9. The summed E-state index contributed by atoms with van der Waals surface area (Å²) >= 11 is 0. The molecule has 2 aromatic rings. The molecule has 0 spiro atoms. The minimum Gasteiger partial charge on any atom is -0.464 e. The quantitative estimate of drug-likeness (QED) is 0.794. The molecule has 0 saturated carbocycles. The van der Waals surface area contributed by atoms with E-state index in [9.17, 15) is 14.4 Å². The Morgan fingerprint density at radius 1 is 1.08 bits per heavy atom. The number of carbonyl (C=O) groups is 3. The van der Waals surface area contributed by atoms with Gasteiger partial charge < -0.3 is 14.2 Å². The molecule has 0 N–H and O–H groups in total. The molecule has 0 saturated heterocycles. The topological polar surface area (TPSA) is 91.8 Å². The van der Waals surface area contributed by atoms with Crippen molar-refractivity contribution in [3.63, 3.8) is 0 Å². The molecule has 0 aliphatic heterocycles. The van der Waals surface area contributed by atoms with Gasteiger partial charge in [0.05, 0.1) is 12.8 Å². The lowest BCUT2D eigenvalue weighted by atomic mass is 10.0. The summed E-state index contributed by atoms with van der Waals surface area (Å²) < 4.78 is 14.9. The summed E-state index contributed by atoms with van der Waals surface area (Å²) in [7, 11) is 1.20. The van der Waals surface area contributed by atoms with Gasteiger partial charge in [-0.15, -0.1) is 0 Å². The van der Waals surface area contributed by atoms with Crippen LogP contribution in [0.25, 0.3) is 10.8 Å². The van der Waals surface area contributed by atoms with Crippen molar-refractivity contribution < 1.29 is 28.6 Å². The van der Waals surface area contributed by atoms with Crippen molar-refractivity contribution in [1.82, 2.24) is 4.98 Å². The van der Waals surface area contributed by atoms with Gasteiger partial charge in [0.2, 0.25) is 0 Å². The summed E-state index contributed by atoms with van der Waals surface area (Å²) in [6.45, 7) is 4.28. The van der Waals surface area contributed by atoms with E-state index in [1.807, 2.05) is 19.1 Å². The van der Waals surface area contributed by atoms with Crippen molar-refractivity contribution in [3.8, 4) is 5.75 Å². The average molecular weight is 331 g/mol. The van der Waals surface area contributed by atoms with Gasteiger partial charge >= 0.3 is 17.9 Å². The summed E-state index contributed by atoms with van der Waals surface area (Å²) in [4.78, 5) is 38.8. The highest BCUT2D eigenvalue weighted by Gasteiger charge is 2.23. The van der Waals surface area contributed by atoms with E-state index in [-0.39, 0.29) is 18.1 Å². The Morgan fingerprint density at radius 2 is 1.79 bits per heavy atom. The van der Waals surface area contributed by atoms with Crippen LogP contribution in [0.5, 0.6) is 5.75 Å². The van der Waals surface area contributed by atoms with Gasteiger partial charge in [-0.2, -0.15) is 0 Å². The zero-order valence-electron chi connectivity index (χ0n) is 13.8. The van der Waals surface area contributed by atoms with Crippen molar-refractivity contribution in [3.05, 3.63) is 35.2 Å². The molecule has 1 aromatic heterocycles. The highest BCUT2D eigenvalue weighted by Crippen LogP contribution is 2.32. The molecule has 0 unspecified atom stereocenters. The van der Waals surface area contributed by atoms with Crippen molar-refractivity contribution in [2.24, 2.45) is 0 Å². The fourth-order valence-corrected chi connectivity index (χ4v) is 2.23. The Kier molecular flexibility index (Phi) is 5.13. The number of rotatable bonds is 4. The van der Waals surface area contributed by atoms with E-state index in [4.69, 9.17) is 14.2 Å². The van der Waals surface area contributed by atoms with Crippen LogP contribution in [0.2, 0.25) is 0 Å². The first-order chi connectivity index (χ1) is 11.3. The van der Waals surface area contributed by atoms with Crippen molar-refractivity contribution in [1.29, 1.82) is 0 Å². The number of pyridine rings is 1. The maximum atomic E-state index is 12.0. The maximum absolute atomic E-state index is 12.0. The standard InChI is InChI=1S/C17H17NO6/c1-9-5-6-12-13(7-9)14(8-23-10(2)19)18-15(17(21)22-4)16(12)24-11(3)20/h5-7H,8H2,1-4H3. The molecule has 0 fully saturated rings. The molecular weight excluding hydrogens is 314 g/mol. The highest BCUT2D eigenvalue weighted by molar-refractivity contribution is 6.01. The Bertz CT molecular complexity index is 827. The summed E-state index contributed by atoms with van der Waals surface area (Å²) in [5.41, 5.74) is 1.17. The summed E-state index contributed by atoms with van der Waals surface area (Å²) in [5.74, 6) is -1.79. The van der Waals surface area contributed by atoms with Gasteiger partial charge in [-0.05, 0) is 13.0 Å². The van der Waals surface area contributed by atoms with Gasteiger partial charge in [-0.3, -0.25) is 9.59 Å². The first-order valence-electron chi connectivity index (χ1n) is 7.16. The van der Waals surface area contributed by atoms with Crippen LogP contribution in [0.3, 0.4) is 0 Å². The van der Waals surface area contributed by atoms with Gasteiger partial charge in [0.1, 0.15) is 6.61 Å². The van der Waals surface area contributed by atoms with Crippen LogP contribution in [0.4, 0.5) is 0 Å². The summed E-state index contributed by atoms with van der Waals surface area (Å²) in [5, 5.41) is 1.13. The Labute approximate surface area is 138 Å². The second-order valence-electron chi connectivity index (χ2n) is 5.15. The molecule has 0 aliphatic carbocycles. The molecule has 24 heavy (non-hydrogen) atoms. The predicted octanol–water partition coefficient (Wildman–Crippen LogP) is 2.32. The Morgan fingerprint density at radius 3 is 2.38 bits per heavy atom. The number of fused-ring (bicyclic) bond motifs is 1.